The largest absolute Gasteiger partial charge is 0.481 e. The van der Waals surface area contributed by atoms with E-state index in [0.29, 0.717) is 24.0 Å². The average molecular weight is 257 g/mol. The third kappa shape index (κ3) is 1.01. The number of carboxylic acids is 1. The molecule has 5 rings (SSSR count). The van der Waals surface area contributed by atoms with E-state index in [2.05, 4.69) is 0 Å². The zero-order valence-corrected chi connectivity index (χ0v) is 10.00. The summed E-state index contributed by atoms with van der Waals surface area (Å²) in [6.45, 7) is 0. The fourth-order valence-corrected chi connectivity index (χ4v) is 3.69. The van der Waals surface area contributed by atoms with E-state index in [1.54, 1.807) is 24.3 Å². The van der Waals surface area contributed by atoms with Crippen molar-refractivity contribution in [3.8, 4) is 0 Å². The first kappa shape index (κ1) is 10.7. The van der Waals surface area contributed by atoms with Crippen LogP contribution in [0.1, 0.15) is 33.6 Å². The summed E-state index contributed by atoms with van der Waals surface area (Å²) in [6, 6.07) is 6.21. The maximum Gasteiger partial charge on any atom is 0.311 e. The Morgan fingerprint density at radius 1 is 1.16 bits per heavy atom. The summed E-state index contributed by atoms with van der Waals surface area (Å²) in [6.07, 6.45) is 1.17. The topological polar surface area (TPSA) is 74.7 Å². The Labute approximate surface area is 108 Å². The predicted molar refractivity (Wildman–Crippen MR) is 63.5 cm³/mol. The number of fused-ring (bicyclic) bond motifs is 1. The monoisotopic (exact) mass is 257 g/mol. The molecule has 2 bridgehead atoms. The molecular formula is C14H11NO4. The summed E-state index contributed by atoms with van der Waals surface area (Å²) in [4.78, 5) is 37.1. The summed E-state index contributed by atoms with van der Waals surface area (Å²) in [5, 5.41) is 9.30. The smallest absolute Gasteiger partial charge is 0.311 e. The summed E-state index contributed by atoms with van der Waals surface area (Å²) in [5.41, 5.74) is -0.100. The first-order valence-electron chi connectivity index (χ1n) is 6.26. The minimum atomic E-state index is -0.892. The molecule has 3 fully saturated rings. The lowest BCUT2D eigenvalue weighted by Crippen LogP contribution is -2.75. The standard InChI is InChI=1S/C14H11NO4/c16-11-8-3-1-2-4-9(8)12(17)15(11)10-7-5-14(10,6-7)13(18)19/h1-4,7,10H,5-6H2,(H,18,19). The number of carbonyl (C=O) groups is 3. The van der Waals surface area contributed by atoms with Crippen LogP contribution in [0.15, 0.2) is 24.3 Å². The maximum atomic E-state index is 12.3. The van der Waals surface area contributed by atoms with Gasteiger partial charge in [-0.25, -0.2) is 0 Å². The summed E-state index contributed by atoms with van der Waals surface area (Å²) >= 11 is 0. The predicted octanol–water partition coefficient (Wildman–Crippen LogP) is 1.15. The molecule has 3 aliphatic carbocycles. The van der Waals surface area contributed by atoms with Crippen molar-refractivity contribution < 1.29 is 19.5 Å². The number of imide groups is 1. The minimum Gasteiger partial charge on any atom is -0.481 e. The number of aliphatic carboxylic acids is 1. The number of carbonyl (C=O) groups excluding carboxylic acids is 2. The molecule has 1 aromatic rings. The van der Waals surface area contributed by atoms with Crippen molar-refractivity contribution >= 4 is 17.8 Å². The van der Waals surface area contributed by atoms with Crippen molar-refractivity contribution in [2.24, 2.45) is 11.3 Å². The highest BCUT2D eigenvalue weighted by Crippen LogP contribution is 2.67. The number of nitrogens with zero attached hydrogens (tertiary/aromatic N) is 1. The molecular weight excluding hydrogens is 246 g/mol. The van der Waals surface area contributed by atoms with Gasteiger partial charge >= 0.3 is 5.97 Å². The van der Waals surface area contributed by atoms with Gasteiger partial charge in [0.25, 0.3) is 11.8 Å². The van der Waals surface area contributed by atoms with Crippen LogP contribution in [0.25, 0.3) is 0 Å². The highest BCUT2D eigenvalue weighted by Gasteiger charge is 2.74. The van der Waals surface area contributed by atoms with Gasteiger partial charge in [0.05, 0.1) is 22.6 Å². The molecule has 1 unspecified atom stereocenters. The molecule has 19 heavy (non-hydrogen) atoms. The fraction of sp³-hybridized carbons (Fsp3) is 0.357. The van der Waals surface area contributed by atoms with Crippen LogP contribution >= 0.6 is 0 Å². The van der Waals surface area contributed by atoms with Gasteiger partial charge in [-0.15, -0.1) is 0 Å². The lowest BCUT2D eigenvalue weighted by Gasteiger charge is -2.66. The summed E-state index contributed by atoms with van der Waals surface area (Å²) in [7, 11) is 0. The maximum absolute atomic E-state index is 12.3. The van der Waals surface area contributed by atoms with E-state index in [0.717, 1.165) is 0 Å². The van der Waals surface area contributed by atoms with Gasteiger partial charge in [0.15, 0.2) is 0 Å². The molecule has 5 nitrogen and oxygen atoms in total. The number of benzene rings is 1. The van der Waals surface area contributed by atoms with Crippen LogP contribution in [0.5, 0.6) is 0 Å². The van der Waals surface area contributed by atoms with Crippen LogP contribution in [0, 0.1) is 11.3 Å². The zero-order chi connectivity index (χ0) is 13.4. The van der Waals surface area contributed by atoms with Gasteiger partial charge in [-0.1, -0.05) is 12.1 Å². The van der Waals surface area contributed by atoms with Gasteiger partial charge in [-0.3, -0.25) is 19.3 Å². The Bertz CT molecular complexity index is 610. The van der Waals surface area contributed by atoms with E-state index in [1.807, 2.05) is 0 Å². The number of hydrogen-bond donors (Lipinski definition) is 1. The number of amides is 2. The number of carboxylic acid groups (broad SMARTS) is 1. The Hall–Kier alpha value is -2.17. The molecule has 0 saturated heterocycles. The van der Waals surface area contributed by atoms with Gasteiger partial charge in [-0.2, -0.15) is 0 Å². The van der Waals surface area contributed by atoms with Crippen molar-refractivity contribution in [2.75, 3.05) is 0 Å². The Morgan fingerprint density at radius 3 is 2.05 bits per heavy atom. The van der Waals surface area contributed by atoms with Crippen LogP contribution in [0.2, 0.25) is 0 Å². The molecule has 1 heterocycles. The van der Waals surface area contributed by atoms with E-state index in [4.69, 9.17) is 0 Å². The van der Waals surface area contributed by atoms with Crippen molar-refractivity contribution in [3.05, 3.63) is 35.4 Å². The molecule has 1 aliphatic heterocycles. The normalized spacial score (nSPS) is 34.6. The first-order chi connectivity index (χ1) is 9.06. The molecule has 3 saturated carbocycles. The molecule has 1 atom stereocenters. The summed E-state index contributed by atoms with van der Waals surface area (Å²) in [5.74, 6) is -1.42. The van der Waals surface area contributed by atoms with Gasteiger partial charge < -0.3 is 5.11 Å². The number of rotatable bonds is 2. The molecule has 5 heteroatoms. The second kappa shape index (κ2) is 3.04. The molecule has 4 aliphatic rings. The molecule has 0 spiro atoms. The van der Waals surface area contributed by atoms with E-state index in [1.165, 1.54) is 4.90 Å². The molecule has 0 aromatic heterocycles. The lowest BCUT2D eigenvalue weighted by molar-refractivity contribution is -0.210. The van der Waals surface area contributed by atoms with Crippen molar-refractivity contribution in [1.29, 1.82) is 0 Å². The summed E-state index contributed by atoms with van der Waals surface area (Å²) < 4.78 is 0. The van der Waals surface area contributed by atoms with Crippen LogP contribution in [0.4, 0.5) is 0 Å². The fourth-order valence-electron chi connectivity index (χ4n) is 3.69. The lowest BCUT2D eigenvalue weighted by atomic mass is 9.40. The van der Waals surface area contributed by atoms with Gasteiger partial charge in [0, 0.05) is 0 Å². The molecule has 1 aromatic carbocycles. The second-order valence-corrected chi connectivity index (χ2v) is 5.60. The van der Waals surface area contributed by atoms with Crippen LogP contribution in [0.3, 0.4) is 0 Å². The van der Waals surface area contributed by atoms with Crippen molar-refractivity contribution in [3.63, 3.8) is 0 Å². The molecule has 2 amide bonds. The first-order valence-corrected chi connectivity index (χ1v) is 6.26. The molecule has 96 valence electrons. The van der Waals surface area contributed by atoms with Crippen LogP contribution in [-0.2, 0) is 4.79 Å². The van der Waals surface area contributed by atoms with Gasteiger partial charge in [0.1, 0.15) is 0 Å². The highest BCUT2D eigenvalue weighted by atomic mass is 16.4. The van der Waals surface area contributed by atoms with E-state index >= 15 is 0 Å². The number of hydrogen-bond acceptors (Lipinski definition) is 3. The highest BCUT2D eigenvalue weighted by molar-refractivity contribution is 6.22. The Morgan fingerprint density at radius 2 is 1.68 bits per heavy atom. The quantitative estimate of drug-likeness (QED) is 0.806. The van der Waals surface area contributed by atoms with Crippen LogP contribution < -0.4 is 0 Å². The van der Waals surface area contributed by atoms with Gasteiger partial charge in [-0.05, 0) is 30.9 Å². The third-order valence-corrected chi connectivity index (χ3v) is 4.80. The zero-order valence-electron chi connectivity index (χ0n) is 10.00. The minimum absolute atomic E-state index is 0.165. The molecule has 1 N–H and O–H groups in total. The molecule has 0 radical (unpaired) electrons. The Kier molecular flexibility index (Phi) is 1.72. The van der Waals surface area contributed by atoms with Crippen LogP contribution in [-0.4, -0.2) is 33.8 Å². The van der Waals surface area contributed by atoms with E-state index in [-0.39, 0.29) is 17.7 Å². The van der Waals surface area contributed by atoms with Crippen molar-refractivity contribution in [2.45, 2.75) is 18.9 Å². The van der Waals surface area contributed by atoms with E-state index in [9.17, 15) is 19.5 Å². The van der Waals surface area contributed by atoms with E-state index < -0.39 is 17.4 Å². The van der Waals surface area contributed by atoms with Gasteiger partial charge in [0.2, 0.25) is 0 Å². The SMILES string of the molecule is O=C1c2ccccc2C(=O)N1C1C2CC1(C(=O)O)C2. The average Bonchev–Trinajstić information content (AvgIpc) is 2.52. The van der Waals surface area contributed by atoms with Crippen molar-refractivity contribution in [1.82, 2.24) is 4.90 Å². The third-order valence-electron chi connectivity index (χ3n) is 4.80. The second-order valence-electron chi connectivity index (χ2n) is 5.60. The Balaban J connectivity index is 1.75.